The number of urea groups is 1. The van der Waals surface area contributed by atoms with Gasteiger partial charge in [0, 0.05) is 13.1 Å². The van der Waals surface area contributed by atoms with Crippen LogP contribution in [0.15, 0.2) is 47.4 Å². The van der Waals surface area contributed by atoms with Gasteiger partial charge >= 0.3 is 12.0 Å². The molecular weight excluding hydrogens is 434 g/mol. The van der Waals surface area contributed by atoms with E-state index < -0.39 is 22.0 Å². The van der Waals surface area contributed by atoms with Crippen LogP contribution in [0.3, 0.4) is 0 Å². The maximum absolute atomic E-state index is 12.5. The van der Waals surface area contributed by atoms with Gasteiger partial charge in [0.2, 0.25) is 10.0 Å². The molecule has 32 heavy (non-hydrogen) atoms. The number of primary sulfonamides is 1. The van der Waals surface area contributed by atoms with Gasteiger partial charge in [-0.1, -0.05) is 25.5 Å². The average molecular weight is 460 g/mol. The molecule has 0 aliphatic rings. The van der Waals surface area contributed by atoms with Gasteiger partial charge < -0.3 is 20.4 Å². The van der Waals surface area contributed by atoms with Crippen molar-refractivity contribution >= 4 is 33.1 Å². The number of sulfonamides is 1. The normalized spacial score (nSPS) is 11.4. The number of rotatable bonds is 9. The lowest BCUT2D eigenvalue weighted by molar-refractivity contribution is 0.0458. The third-order valence-corrected chi connectivity index (χ3v) is 5.76. The van der Waals surface area contributed by atoms with Crippen molar-refractivity contribution in [2.75, 3.05) is 0 Å². The summed E-state index contributed by atoms with van der Waals surface area (Å²) in [6.07, 6.45) is 1.83. The van der Waals surface area contributed by atoms with E-state index in [9.17, 15) is 18.0 Å². The minimum atomic E-state index is -3.85. The Kier molecular flexibility index (Phi) is 7.11. The van der Waals surface area contributed by atoms with Gasteiger partial charge in [-0.25, -0.2) is 28.1 Å². The fourth-order valence-corrected chi connectivity index (χ4v) is 3.71. The lowest BCUT2D eigenvalue weighted by atomic mass is 10.1. The Morgan fingerprint density at radius 2 is 1.88 bits per heavy atom. The fourth-order valence-electron chi connectivity index (χ4n) is 3.17. The summed E-state index contributed by atoms with van der Waals surface area (Å²) < 4.78 is 30.7. The molecule has 0 aliphatic carbocycles. The summed E-state index contributed by atoms with van der Waals surface area (Å²) in [5.41, 5.74) is 7.38. The van der Waals surface area contributed by atoms with Crippen LogP contribution in [-0.2, 0) is 34.5 Å². The number of imidazole rings is 1. The van der Waals surface area contributed by atoms with Crippen LogP contribution >= 0.6 is 0 Å². The van der Waals surface area contributed by atoms with Gasteiger partial charge in [0.15, 0.2) is 0 Å². The zero-order chi connectivity index (χ0) is 23.3. The van der Waals surface area contributed by atoms with Crippen LogP contribution in [0.25, 0.3) is 11.0 Å². The Morgan fingerprint density at radius 1 is 1.16 bits per heavy atom. The zero-order valence-corrected chi connectivity index (χ0v) is 18.4. The lowest BCUT2D eigenvalue weighted by Crippen LogP contribution is -2.28. The van der Waals surface area contributed by atoms with Gasteiger partial charge in [-0.3, -0.25) is 0 Å². The number of nitrogens with zero attached hydrogens (tertiary/aromatic N) is 2. The monoisotopic (exact) mass is 459 g/mol. The predicted octanol–water partition coefficient (Wildman–Crippen LogP) is 2.01. The van der Waals surface area contributed by atoms with Crippen molar-refractivity contribution in [1.29, 1.82) is 0 Å². The SMILES string of the molecule is CCCCn1c(COC(=O)c2ccc(CNC(N)=O)cc2)nc2cc(S(N)(=O)=O)ccc21. The first-order valence-corrected chi connectivity index (χ1v) is 11.5. The second-order valence-corrected chi connectivity index (χ2v) is 8.78. The smallest absolute Gasteiger partial charge is 0.338 e. The molecule has 0 spiro atoms. The highest BCUT2D eigenvalue weighted by molar-refractivity contribution is 7.89. The predicted molar refractivity (Wildman–Crippen MR) is 118 cm³/mol. The molecule has 0 saturated heterocycles. The van der Waals surface area contributed by atoms with Crippen LogP contribution in [0.5, 0.6) is 0 Å². The molecule has 0 bridgehead atoms. The Hall–Kier alpha value is -3.44. The van der Waals surface area contributed by atoms with Gasteiger partial charge in [0.1, 0.15) is 12.4 Å². The van der Waals surface area contributed by atoms with Crippen molar-refractivity contribution in [3.05, 3.63) is 59.4 Å². The topological polar surface area (TPSA) is 159 Å². The van der Waals surface area contributed by atoms with Crippen LogP contribution in [0, 0.1) is 0 Å². The highest BCUT2D eigenvalue weighted by Gasteiger charge is 2.16. The number of aryl methyl sites for hydroxylation is 1. The van der Waals surface area contributed by atoms with Gasteiger partial charge in [0.05, 0.1) is 21.5 Å². The molecule has 0 unspecified atom stereocenters. The number of hydrogen-bond acceptors (Lipinski definition) is 6. The molecule has 1 heterocycles. The number of hydrogen-bond donors (Lipinski definition) is 3. The number of carbonyl (C=O) groups is 2. The molecular formula is C21H25N5O5S. The van der Waals surface area contributed by atoms with Crippen LogP contribution in [0.2, 0.25) is 0 Å². The van der Waals surface area contributed by atoms with E-state index in [4.69, 9.17) is 15.6 Å². The molecule has 2 aromatic carbocycles. The van der Waals surface area contributed by atoms with E-state index in [2.05, 4.69) is 17.2 Å². The number of primary amides is 1. The van der Waals surface area contributed by atoms with Gasteiger partial charge in [0.25, 0.3) is 0 Å². The van der Waals surface area contributed by atoms with Crippen LogP contribution in [0.4, 0.5) is 4.79 Å². The number of aromatic nitrogens is 2. The molecule has 170 valence electrons. The van der Waals surface area contributed by atoms with E-state index in [1.807, 2.05) is 4.57 Å². The fraction of sp³-hybridized carbons (Fsp3) is 0.286. The summed E-state index contributed by atoms with van der Waals surface area (Å²) in [5, 5.41) is 7.69. The third kappa shape index (κ3) is 5.62. The molecule has 0 atom stereocenters. The number of carbonyl (C=O) groups excluding carboxylic acids is 2. The number of unbranched alkanes of at least 4 members (excludes halogenated alkanes) is 1. The number of esters is 1. The Bertz CT molecular complexity index is 1240. The maximum Gasteiger partial charge on any atom is 0.338 e. The first-order chi connectivity index (χ1) is 15.2. The minimum absolute atomic E-state index is 0.0281. The molecule has 3 rings (SSSR count). The number of benzene rings is 2. The largest absolute Gasteiger partial charge is 0.454 e. The Balaban J connectivity index is 1.78. The molecule has 0 fully saturated rings. The second kappa shape index (κ2) is 9.79. The first kappa shape index (κ1) is 23.2. The van der Waals surface area contributed by atoms with Crippen molar-refractivity contribution in [3.8, 4) is 0 Å². The van der Waals surface area contributed by atoms with E-state index in [-0.39, 0.29) is 18.0 Å². The summed E-state index contributed by atoms with van der Waals surface area (Å²) in [6.45, 7) is 2.89. The van der Waals surface area contributed by atoms with Crippen LogP contribution in [0.1, 0.15) is 41.5 Å². The highest BCUT2D eigenvalue weighted by Crippen LogP contribution is 2.21. The van der Waals surface area contributed by atoms with Crippen LogP contribution < -0.4 is 16.2 Å². The van der Waals surface area contributed by atoms with Crippen molar-refractivity contribution < 1.29 is 22.7 Å². The molecule has 0 aliphatic heterocycles. The van der Waals surface area contributed by atoms with E-state index in [1.54, 1.807) is 30.3 Å². The number of nitrogens with two attached hydrogens (primary N) is 2. The molecule has 10 nitrogen and oxygen atoms in total. The molecule has 5 N–H and O–H groups in total. The number of ether oxygens (including phenoxy) is 1. The summed E-state index contributed by atoms with van der Waals surface area (Å²) in [7, 11) is -3.85. The quantitative estimate of drug-likeness (QED) is 0.415. The van der Waals surface area contributed by atoms with Gasteiger partial charge in [-0.05, 0) is 42.3 Å². The lowest BCUT2D eigenvalue weighted by Gasteiger charge is -2.10. The standard InChI is InChI=1S/C21H25N5O5S/c1-2-3-10-26-18-9-8-16(32(23,29)30)11-17(18)25-19(26)13-31-20(27)15-6-4-14(5-7-15)12-24-21(22)28/h4-9,11H,2-3,10,12-13H2,1H3,(H3,22,24,28)(H2,23,29,30). The summed E-state index contributed by atoms with van der Waals surface area (Å²) in [4.78, 5) is 27.7. The molecule has 0 saturated carbocycles. The van der Waals surface area contributed by atoms with E-state index in [0.717, 1.165) is 23.9 Å². The molecule has 2 amide bonds. The van der Waals surface area contributed by atoms with E-state index in [1.165, 1.54) is 12.1 Å². The maximum atomic E-state index is 12.5. The third-order valence-electron chi connectivity index (χ3n) is 4.85. The second-order valence-electron chi connectivity index (χ2n) is 7.22. The minimum Gasteiger partial charge on any atom is -0.454 e. The van der Waals surface area contributed by atoms with Gasteiger partial charge in [-0.2, -0.15) is 0 Å². The van der Waals surface area contributed by atoms with Gasteiger partial charge in [-0.15, -0.1) is 0 Å². The van der Waals surface area contributed by atoms with Crippen molar-refractivity contribution in [3.63, 3.8) is 0 Å². The van der Waals surface area contributed by atoms with Crippen LogP contribution in [-0.4, -0.2) is 30.0 Å². The summed E-state index contributed by atoms with van der Waals surface area (Å²) in [5.74, 6) is -0.0191. The first-order valence-electron chi connectivity index (χ1n) is 10.0. The average Bonchev–Trinajstić information content (AvgIpc) is 3.11. The van der Waals surface area contributed by atoms with E-state index in [0.29, 0.717) is 23.4 Å². The zero-order valence-electron chi connectivity index (χ0n) is 17.6. The Morgan fingerprint density at radius 3 is 2.50 bits per heavy atom. The van der Waals surface area contributed by atoms with Crippen molar-refractivity contribution in [1.82, 2.24) is 14.9 Å². The summed E-state index contributed by atoms with van der Waals surface area (Å²) in [6, 6.07) is 10.5. The molecule has 3 aromatic rings. The summed E-state index contributed by atoms with van der Waals surface area (Å²) >= 11 is 0. The molecule has 11 heteroatoms. The molecule has 0 radical (unpaired) electrons. The highest BCUT2D eigenvalue weighted by atomic mass is 32.2. The number of amides is 2. The van der Waals surface area contributed by atoms with Crippen molar-refractivity contribution in [2.45, 2.75) is 44.4 Å². The Labute approximate surface area is 185 Å². The molecule has 1 aromatic heterocycles. The van der Waals surface area contributed by atoms with Crippen molar-refractivity contribution in [2.24, 2.45) is 10.9 Å². The van der Waals surface area contributed by atoms with E-state index >= 15 is 0 Å². The number of nitrogens with one attached hydrogen (secondary N) is 1. The number of fused-ring (bicyclic) bond motifs is 1.